The summed E-state index contributed by atoms with van der Waals surface area (Å²) in [6.45, 7) is 1.95. The van der Waals surface area contributed by atoms with Crippen molar-refractivity contribution in [1.29, 1.82) is 0 Å². The first-order valence-electron chi connectivity index (χ1n) is 6.28. The fraction of sp³-hybridized carbons (Fsp3) is 0.188. The molecule has 0 fully saturated rings. The smallest absolute Gasteiger partial charge is 0.345 e. The summed E-state index contributed by atoms with van der Waals surface area (Å²) >= 11 is 0. The Bertz CT molecular complexity index is 525. The topological polar surface area (TPSA) is 66.8 Å². The molecule has 2 rings (SSSR count). The van der Waals surface area contributed by atoms with Crippen molar-refractivity contribution in [1.82, 2.24) is 0 Å². The fourth-order valence-corrected chi connectivity index (χ4v) is 1.81. The maximum atomic E-state index is 11.3. The van der Waals surface area contributed by atoms with E-state index in [1.165, 1.54) is 12.1 Å². The van der Waals surface area contributed by atoms with Gasteiger partial charge in [0.2, 0.25) is 0 Å². The summed E-state index contributed by atoms with van der Waals surface area (Å²) in [5.74, 6) is -0.333. The van der Waals surface area contributed by atoms with Gasteiger partial charge in [-0.25, -0.2) is 4.79 Å². The Morgan fingerprint density at radius 1 is 1.10 bits per heavy atom. The number of rotatable bonds is 5. The number of phenolic OH excluding ortho intramolecular Hbond substituents is 1. The highest BCUT2D eigenvalue weighted by atomic mass is 16.5. The Hall–Kier alpha value is -2.49. The van der Waals surface area contributed by atoms with E-state index in [-0.39, 0.29) is 12.2 Å². The van der Waals surface area contributed by atoms with Gasteiger partial charge in [-0.2, -0.15) is 0 Å². The van der Waals surface area contributed by atoms with E-state index in [0.29, 0.717) is 5.75 Å². The molecule has 0 unspecified atom stereocenters. The number of aromatic hydroxyl groups is 1. The lowest BCUT2D eigenvalue weighted by Crippen LogP contribution is -2.29. The predicted octanol–water partition coefficient (Wildman–Crippen LogP) is 2.78. The Kier molecular flexibility index (Phi) is 4.25. The molecule has 4 heteroatoms. The number of carboxylic acids is 1. The zero-order valence-electron chi connectivity index (χ0n) is 11.1. The molecule has 0 heterocycles. The van der Waals surface area contributed by atoms with Crippen LogP contribution >= 0.6 is 0 Å². The van der Waals surface area contributed by atoms with Crippen molar-refractivity contribution in [2.75, 3.05) is 0 Å². The van der Waals surface area contributed by atoms with E-state index in [4.69, 9.17) is 4.74 Å². The minimum absolute atomic E-state index is 0.153. The lowest BCUT2D eigenvalue weighted by atomic mass is 10.1. The van der Waals surface area contributed by atoms with E-state index in [0.717, 1.165) is 11.1 Å². The number of aliphatic carboxylic acids is 1. The summed E-state index contributed by atoms with van der Waals surface area (Å²) in [6.07, 6.45) is -0.717. The van der Waals surface area contributed by atoms with Crippen molar-refractivity contribution >= 4 is 5.97 Å². The second kappa shape index (κ2) is 6.10. The molecule has 20 heavy (non-hydrogen) atoms. The SMILES string of the molecule is Cc1ccc(O[C@@H](Cc2ccc(O)cc2)C(=O)O)cc1. The van der Waals surface area contributed by atoms with Crippen LogP contribution < -0.4 is 4.74 Å². The molecule has 2 aromatic carbocycles. The zero-order valence-corrected chi connectivity index (χ0v) is 11.1. The van der Waals surface area contributed by atoms with Crippen LogP contribution in [0.3, 0.4) is 0 Å². The molecule has 0 bridgehead atoms. The summed E-state index contributed by atoms with van der Waals surface area (Å²) in [5.41, 5.74) is 1.88. The first-order chi connectivity index (χ1) is 9.54. The fourth-order valence-electron chi connectivity index (χ4n) is 1.81. The van der Waals surface area contributed by atoms with Crippen LogP contribution in [-0.4, -0.2) is 22.3 Å². The molecule has 0 amide bonds. The number of ether oxygens (including phenoxy) is 1. The van der Waals surface area contributed by atoms with E-state index in [9.17, 15) is 15.0 Å². The third kappa shape index (κ3) is 3.75. The van der Waals surface area contributed by atoms with Gasteiger partial charge in [0.25, 0.3) is 0 Å². The van der Waals surface area contributed by atoms with Gasteiger partial charge in [-0.05, 0) is 36.8 Å². The third-order valence-electron chi connectivity index (χ3n) is 2.93. The lowest BCUT2D eigenvalue weighted by molar-refractivity contribution is -0.145. The molecule has 1 atom stereocenters. The van der Waals surface area contributed by atoms with Crippen molar-refractivity contribution in [3.8, 4) is 11.5 Å². The Morgan fingerprint density at radius 2 is 1.70 bits per heavy atom. The summed E-state index contributed by atoms with van der Waals surface area (Å²) in [4.78, 5) is 11.3. The van der Waals surface area contributed by atoms with Crippen LogP contribution in [0.4, 0.5) is 0 Å². The van der Waals surface area contributed by atoms with E-state index in [1.54, 1.807) is 24.3 Å². The van der Waals surface area contributed by atoms with Gasteiger partial charge in [-0.3, -0.25) is 0 Å². The molecule has 0 radical (unpaired) electrons. The number of aryl methyl sites for hydroxylation is 1. The molecule has 0 saturated heterocycles. The van der Waals surface area contributed by atoms with Crippen LogP contribution in [0.15, 0.2) is 48.5 Å². The van der Waals surface area contributed by atoms with E-state index < -0.39 is 12.1 Å². The van der Waals surface area contributed by atoms with Gasteiger partial charge in [0.1, 0.15) is 11.5 Å². The first kappa shape index (κ1) is 13.9. The van der Waals surface area contributed by atoms with E-state index in [1.807, 2.05) is 19.1 Å². The summed E-state index contributed by atoms with van der Waals surface area (Å²) in [5, 5.41) is 18.4. The minimum atomic E-state index is -1.02. The average molecular weight is 272 g/mol. The molecule has 0 aliphatic carbocycles. The van der Waals surface area contributed by atoms with Crippen LogP contribution in [0.2, 0.25) is 0 Å². The third-order valence-corrected chi connectivity index (χ3v) is 2.93. The van der Waals surface area contributed by atoms with Crippen LogP contribution in [0.5, 0.6) is 11.5 Å². The second-order valence-corrected chi connectivity index (χ2v) is 4.63. The molecule has 0 spiro atoms. The maximum Gasteiger partial charge on any atom is 0.345 e. The van der Waals surface area contributed by atoms with Crippen molar-refractivity contribution in [3.05, 3.63) is 59.7 Å². The molecule has 0 aliphatic rings. The molecule has 0 aromatic heterocycles. The molecule has 2 aromatic rings. The van der Waals surface area contributed by atoms with Crippen molar-refractivity contribution in [2.24, 2.45) is 0 Å². The zero-order chi connectivity index (χ0) is 14.5. The van der Waals surface area contributed by atoms with Crippen molar-refractivity contribution < 1.29 is 19.7 Å². The maximum absolute atomic E-state index is 11.3. The molecule has 104 valence electrons. The van der Waals surface area contributed by atoms with E-state index >= 15 is 0 Å². The molecular weight excluding hydrogens is 256 g/mol. The molecule has 2 N–H and O–H groups in total. The minimum Gasteiger partial charge on any atom is -0.508 e. The van der Waals surface area contributed by atoms with Gasteiger partial charge in [0.15, 0.2) is 6.10 Å². The van der Waals surface area contributed by atoms with Crippen LogP contribution in [0, 0.1) is 6.92 Å². The van der Waals surface area contributed by atoms with Gasteiger partial charge < -0.3 is 14.9 Å². The molecule has 4 nitrogen and oxygen atoms in total. The highest BCUT2D eigenvalue weighted by molar-refractivity contribution is 5.73. The number of benzene rings is 2. The Morgan fingerprint density at radius 3 is 2.25 bits per heavy atom. The first-order valence-corrected chi connectivity index (χ1v) is 6.28. The summed E-state index contributed by atoms with van der Waals surface area (Å²) < 4.78 is 5.50. The largest absolute Gasteiger partial charge is 0.508 e. The van der Waals surface area contributed by atoms with Crippen LogP contribution in [0.25, 0.3) is 0 Å². The quantitative estimate of drug-likeness (QED) is 0.878. The van der Waals surface area contributed by atoms with E-state index in [2.05, 4.69) is 0 Å². The number of hydrogen-bond acceptors (Lipinski definition) is 3. The average Bonchev–Trinajstić information content (AvgIpc) is 2.42. The predicted molar refractivity (Wildman–Crippen MR) is 75.0 cm³/mol. The van der Waals surface area contributed by atoms with Crippen LogP contribution in [0.1, 0.15) is 11.1 Å². The summed E-state index contributed by atoms with van der Waals surface area (Å²) in [7, 11) is 0. The number of carbonyl (C=O) groups is 1. The monoisotopic (exact) mass is 272 g/mol. The van der Waals surface area contributed by atoms with Gasteiger partial charge in [-0.1, -0.05) is 29.8 Å². The lowest BCUT2D eigenvalue weighted by Gasteiger charge is -2.15. The normalized spacial score (nSPS) is 11.8. The number of hydrogen-bond donors (Lipinski definition) is 2. The number of carboxylic acid groups (broad SMARTS) is 1. The van der Waals surface area contributed by atoms with Crippen molar-refractivity contribution in [3.63, 3.8) is 0 Å². The van der Waals surface area contributed by atoms with Gasteiger partial charge >= 0.3 is 5.97 Å². The Labute approximate surface area is 117 Å². The molecular formula is C16H16O4. The number of phenols is 1. The van der Waals surface area contributed by atoms with Gasteiger partial charge in [0.05, 0.1) is 0 Å². The standard InChI is InChI=1S/C16H16O4/c1-11-2-8-14(9-3-11)20-15(16(18)19)10-12-4-6-13(17)7-5-12/h2-9,15,17H,10H2,1H3,(H,18,19)/t15-/m0/s1. The molecule has 0 aliphatic heterocycles. The Balaban J connectivity index is 2.09. The van der Waals surface area contributed by atoms with Gasteiger partial charge in [-0.15, -0.1) is 0 Å². The van der Waals surface area contributed by atoms with Gasteiger partial charge in [0, 0.05) is 6.42 Å². The highest BCUT2D eigenvalue weighted by Crippen LogP contribution is 2.17. The van der Waals surface area contributed by atoms with Crippen molar-refractivity contribution in [2.45, 2.75) is 19.4 Å². The van der Waals surface area contributed by atoms with Crippen LogP contribution in [-0.2, 0) is 11.2 Å². The second-order valence-electron chi connectivity index (χ2n) is 4.63. The summed E-state index contributed by atoms with van der Waals surface area (Å²) in [6, 6.07) is 13.7. The highest BCUT2D eigenvalue weighted by Gasteiger charge is 2.20. The molecule has 0 saturated carbocycles.